The molecule has 138 valence electrons. The van der Waals surface area contributed by atoms with Gasteiger partial charge >= 0.3 is 0 Å². The van der Waals surface area contributed by atoms with Crippen LogP contribution in [-0.2, 0) is 6.61 Å². The summed E-state index contributed by atoms with van der Waals surface area (Å²) in [6.45, 7) is 2.32. The van der Waals surface area contributed by atoms with Crippen LogP contribution in [0.2, 0.25) is 15.1 Å². The summed E-state index contributed by atoms with van der Waals surface area (Å²) in [5.41, 5.74) is 3.56. The molecular weight excluding hydrogens is 469 g/mol. The van der Waals surface area contributed by atoms with Gasteiger partial charge in [-0.3, -0.25) is 4.99 Å². The number of aryl methyl sites for hydroxylation is 1. The number of aliphatic imine (C=N–C) groups is 1. The van der Waals surface area contributed by atoms with Gasteiger partial charge in [0.05, 0.1) is 5.69 Å². The van der Waals surface area contributed by atoms with Crippen LogP contribution in [0.3, 0.4) is 0 Å². The highest BCUT2D eigenvalue weighted by molar-refractivity contribution is 9.10. The summed E-state index contributed by atoms with van der Waals surface area (Å²) in [6, 6.07) is 16.7. The van der Waals surface area contributed by atoms with Crippen molar-refractivity contribution >= 4 is 62.6 Å². The van der Waals surface area contributed by atoms with Crippen LogP contribution in [0.25, 0.3) is 0 Å². The van der Waals surface area contributed by atoms with E-state index in [0.29, 0.717) is 27.4 Å². The minimum atomic E-state index is 0.328. The molecule has 0 spiro atoms. The third-order valence-electron chi connectivity index (χ3n) is 3.88. The van der Waals surface area contributed by atoms with Crippen molar-refractivity contribution in [3.63, 3.8) is 0 Å². The van der Waals surface area contributed by atoms with Crippen LogP contribution in [-0.4, -0.2) is 6.21 Å². The van der Waals surface area contributed by atoms with Crippen molar-refractivity contribution < 1.29 is 4.74 Å². The normalized spacial score (nSPS) is 11.1. The summed E-state index contributed by atoms with van der Waals surface area (Å²) in [6.07, 6.45) is 1.77. The summed E-state index contributed by atoms with van der Waals surface area (Å²) >= 11 is 21.7. The predicted molar refractivity (Wildman–Crippen MR) is 118 cm³/mol. The van der Waals surface area contributed by atoms with E-state index in [1.165, 1.54) is 0 Å². The van der Waals surface area contributed by atoms with Crippen LogP contribution in [0.1, 0.15) is 16.7 Å². The fourth-order valence-electron chi connectivity index (χ4n) is 2.41. The third kappa shape index (κ3) is 5.49. The molecule has 2 nitrogen and oxygen atoms in total. The average molecular weight is 484 g/mol. The summed E-state index contributed by atoms with van der Waals surface area (Å²) < 4.78 is 6.91. The van der Waals surface area contributed by atoms with Crippen LogP contribution in [0, 0.1) is 6.92 Å². The zero-order valence-electron chi connectivity index (χ0n) is 14.3. The molecule has 0 aliphatic carbocycles. The zero-order valence-corrected chi connectivity index (χ0v) is 18.2. The summed E-state index contributed by atoms with van der Waals surface area (Å²) in [4.78, 5) is 4.57. The summed E-state index contributed by atoms with van der Waals surface area (Å²) in [5.74, 6) is 0.702. The molecule has 3 aromatic carbocycles. The van der Waals surface area contributed by atoms with Crippen molar-refractivity contribution in [3.8, 4) is 5.75 Å². The van der Waals surface area contributed by atoms with Crippen molar-refractivity contribution in [2.45, 2.75) is 13.5 Å². The smallest absolute Gasteiger partial charge is 0.128 e. The maximum absolute atomic E-state index is 6.22. The van der Waals surface area contributed by atoms with Crippen LogP contribution in [0.4, 0.5) is 5.69 Å². The first-order chi connectivity index (χ1) is 12.9. The number of benzene rings is 3. The van der Waals surface area contributed by atoms with Gasteiger partial charge in [0.15, 0.2) is 0 Å². The summed E-state index contributed by atoms with van der Waals surface area (Å²) in [5, 5.41) is 1.82. The molecule has 0 unspecified atom stereocenters. The van der Waals surface area contributed by atoms with E-state index in [-0.39, 0.29) is 0 Å². The van der Waals surface area contributed by atoms with E-state index in [2.05, 4.69) is 20.9 Å². The molecular formula is C21H15BrCl3NO. The second-order valence-corrected chi connectivity index (χ2v) is 8.09. The van der Waals surface area contributed by atoms with E-state index in [1.807, 2.05) is 49.4 Å². The SMILES string of the molecule is Cc1ccc(Cl)cc1N=Cc1cc(Br)ccc1OCc1ccc(Cl)cc1Cl. The zero-order chi connectivity index (χ0) is 19.4. The molecule has 0 radical (unpaired) electrons. The second kappa shape index (κ2) is 9.11. The van der Waals surface area contributed by atoms with Gasteiger partial charge in [-0.05, 0) is 55.0 Å². The van der Waals surface area contributed by atoms with Crippen molar-refractivity contribution in [3.05, 3.63) is 90.8 Å². The Morgan fingerprint density at radius 1 is 0.963 bits per heavy atom. The van der Waals surface area contributed by atoms with Gasteiger partial charge < -0.3 is 4.74 Å². The standard InChI is InChI=1S/C21H15BrCl3NO/c1-13-2-5-18(24)10-20(13)26-11-15-8-16(22)4-7-21(15)27-12-14-3-6-17(23)9-19(14)25/h2-11H,12H2,1H3. The lowest BCUT2D eigenvalue weighted by Crippen LogP contribution is -1.99. The van der Waals surface area contributed by atoms with E-state index >= 15 is 0 Å². The minimum absolute atomic E-state index is 0.328. The Labute approximate surface area is 181 Å². The van der Waals surface area contributed by atoms with Crippen molar-refractivity contribution in [2.75, 3.05) is 0 Å². The first-order valence-corrected chi connectivity index (χ1v) is 10.0. The van der Waals surface area contributed by atoms with Crippen molar-refractivity contribution in [1.82, 2.24) is 0 Å². The van der Waals surface area contributed by atoms with Gasteiger partial charge in [-0.2, -0.15) is 0 Å². The molecule has 3 aromatic rings. The molecule has 0 aliphatic heterocycles. The highest BCUT2D eigenvalue weighted by Gasteiger charge is 2.07. The number of hydrogen-bond donors (Lipinski definition) is 0. The van der Waals surface area contributed by atoms with Crippen LogP contribution in [0.15, 0.2) is 64.1 Å². The molecule has 0 N–H and O–H groups in total. The van der Waals surface area contributed by atoms with E-state index < -0.39 is 0 Å². The van der Waals surface area contributed by atoms with Gasteiger partial charge in [0.25, 0.3) is 0 Å². The molecule has 0 aliphatic rings. The fraction of sp³-hybridized carbons (Fsp3) is 0.0952. The molecule has 6 heteroatoms. The Kier molecular flexibility index (Phi) is 6.83. The number of nitrogens with zero attached hydrogens (tertiary/aromatic N) is 1. The minimum Gasteiger partial charge on any atom is -0.488 e. The lowest BCUT2D eigenvalue weighted by atomic mass is 10.2. The molecule has 0 amide bonds. The lowest BCUT2D eigenvalue weighted by Gasteiger charge is -2.11. The number of ether oxygens (including phenoxy) is 1. The molecule has 27 heavy (non-hydrogen) atoms. The van der Waals surface area contributed by atoms with Gasteiger partial charge in [-0.15, -0.1) is 0 Å². The predicted octanol–water partition coefficient (Wildman–Crippen LogP) is 8.05. The maximum atomic E-state index is 6.22. The van der Waals surface area contributed by atoms with E-state index in [4.69, 9.17) is 39.5 Å². The van der Waals surface area contributed by atoms with E-state index in [1.54, 1.807) is 18.3 Å². The first kappa shape index (κ1) is 20.2. The molecule has 0 saturated heterocycles. The Morgan fingerprint density at radius 2 is 1.70 bits per heavy atom. The Bertz CT molecular complexity index is 1000. The monoisotopic (exact) mass is 481 g/mol. The molecule has 0 atom stereocenters. The Balaban J connectivity index is 1.84. The number of rotatable bonds is 5. The third-order valence-corrected chi connectivity index (χ3v) is 5.20. The van der Waals surface area contributed by atoms with Gasteiger partial charge in [0.1, 0.15) is 12.4 Å². The molecule has 0 aromatic heterocycles. The van der Waals surface area contributed by atoms with Crippen molar-refractivity contribution in [2.24, 2.45) is 4.99 Å². The van der Waals surface area contributed by atoms with E-state index in [0.717, 1.165) is 26.9 Å². The quantitative estimate of drug-likeness (QED) is 0.337. The Hall–Kier alpha value is -1.52. The van der Waals surface area contributed by atoms with Gasteiger partial charge in [0.2, 0.25) is 0 Å². The largest absolute Gasteiger partial charge is 0.488 e. The molecule has 0 bridgehead atoms. The molecule has 0 fully saturated rings. The van der Waals surface area contributed by atoms with Crippen molar-refractivity contribution in [1.29, 1.82) is 0 Å². The van der Waals surface area contributed by atoms with Gasteiger partial charge in [-0.25, -0.2) is 0 Å². The second-order valence-electron chi connectivity index (χ2n) is 5.90. The molecule has 3 rings (SSSR count). The van der Waals surface area contributed by atoms with Crippen LogP contribution in [0.5, 0.6) is 5.75 Å². The lowest BCUT2D eigenvalue weighted by molar-refractivity contribution is 0.306. The van der Waals surface area contributed by atoms with E-state index in [9.17, 15) is 0 Å². The van der Waals surface area contributed by atoms with Crippen LogP contribution >= 0.6 is 50.7 Å². The fourth-order valence-corrected chi connectivity index (χ4v) is 3.41. The highest BCUT2D eigenvalue weighted by Crippen LogP contribution is 2.27. The summed E-state index contributed by atoms with van der Waals surface area (Å²) in [7, 11) is 0. The average Bonchev–Trinajstić information content (AvgIpc) is 2.63. The van der Waals surface area contributed by atoms with Crippen LogP contribution < -0.4 is 4.74 Å². The van der Waals surface area contributed by atoms with Gasteiger partial charge in [-0.1, -0.05) is 62.9 Å². The Morgan fingerprint density at radius 3 is 2.48 bits per heavy atom. The van der Waals surface area contributed by atoms with Gasteiger partial charge in [0, 0.05) is 36.9 Å². The number of halogens is 4. The number of hydrogen-bond acceptors (Lipinski definition) is 2. The first-order valence-electron chi connectivity index (χ1n) is 8.09. The molecule has 0 heterocycles. The highest BCUT2D eigenvalue weighted by atomic mass is 79.9. The molecule has 0 saturated carbocycles. The maximum Gasteiger partial charge on any atom is 0.128 e. The topological polar surface area (TPSA) is 21.6 Å².